The molecule has 1 N–H and O–H groups in total. The third-order valence-electron chi connectivity index (χ3n) is 3.55. The van der Waals surface area contributed by atoms with Crippen molar-refractivity contribution in [3.63, 3.8) is 0 Å². The molecule has 1 fully saturated rings. The van der Waals surface area contributed by atoms with E-state index in [4.69, 9.17) is 0 Å². The minimum Gasteiger partial charge on any atom is -0.376 e. The van der Waals surface area contributed by atoms with E-state index in [9.17, 15) is 9.18 Å². The Bertz CT molecular complexity index is 501. The zero-order chi connectivity index (χ0) is 14.7. The number of hydrogen-bond donors (Lipinski definition) is 1. The Balaban J connectivity index is 1.92. The molecule has 2 rings (SSSR count). The van der Waals surface area contributed by atoms with E-state index in [1.165, 1.54) is 6.07 Å². The maximum Gasteiger partial charge on any atom is 0.241 e. The minimum atomic E-state index is -0.329. The number of anilines is 1. The number of halogens is 2. The highest BCUT2D eigenvalue weighted by Crippen LogP contribution is 2.23. The molecule has 1 saturated heterocycles. The molecule has 0 atom stereocenters. The van der Waals surface area contributed by atoms with Crippen LogP contribution in [0.25, 0.3) is 0 Å². The Kier molecular flexibility index (Phi) is 4.99. The molecule has 1 amide bonds. The van der Waals surface area contributed by atoms with Crippen molar-refractivity contribution in [2.24, 2.45) is 0 Å². The van der Waals surface area contributed by atoms with E-state index in [0.717, 1.165) is 31.7 Å². The molecular formula is C14H19BrFN3O. The van der Waals surface area contributed by atoms with Crippen LogP contribution in [0.1, 0.15) is 5.56 Å². The SMILES string of the molecule is Cc1cc(Br)c(F)cc1NCC(=O)N1CCN(C)CC1. The lowest BCUT2D eigenvalue weighted by Crippen LogP contribution is -2.48. The first-order chi connectivity index (χ1) is 9.47. The van der Waals surface area contributed by atoms with Crippen LogP contribution in [0.15, 0.2) is 16.6 Å². The lowest BCUT2D eigenvalue weighted by molar-refractivity contribution is -0.130. The second-order valence-electron chi connectivity index (χ2n) is 5.12. The van der Waals surface area contributed by atoms with Crippen molar-refractivity contribution >= 4 is 27.5 Å². The highest BCUT2D eigenvalue weighted by molar-refractivity contribution is 9.10. The molecule has 20 heavy (non-hydrogen) atoms. The third-order valence-corrected chi connectivity index (χ3v) is 4.16. The van der Waals surface area contributed by atoms with E-state index in [0.29, 0.717) is 10.2 Å². The number of benzene rings is 1. The van der Waals surface area contributed by atoms with E-state index in [1.807, 2.05) is 18.9 Å². The predicted molar refractivity (Wildman–Crippen MR) is 81.4 cm³/mol. The molecule has 1 aromatic carbocycles. The average Bonchev–Trinajstić information content (AvgIpc) is 2.42. The monoisotopic (exact) mass is 343 g/mol. The van der Waals surface area contributed by atoms with E-state index in [-0.39, 0.29) is 18.3 Å². The summed E-state index contributed by atoms with van der Waals surface area (Å²) in [7, 11) is 2.05. The number of amides is 1. The number of hydrogen-bond acceptors (Lipinski definition) is 3. The zero-order valence-electron chi connectivity index (χ0n) is 11.7. The number of carbonyl (C=O) groups is 1. The fourth-order valence-electron chi connectivity index (χ4n) is 2.18. The predicted octanol–water partition coefficient (Wildman–Crippen LogP) is 2.08. The number of piperazine rings is 1. The minimum absolute atomic E-state index is 0.0563. The van der Waals surface area contributed by atoms with Crippen molar-refractivity contribution < 1.29 is 9.18 Å². The van der Waals surface area contributed by atoms with Gasteiger partial charge in [-0.15, -0.1) is 0 Å². The van der Waals surface area contributed by atoms with Crippen LogP contribution in [0.3, 0.4) is 0 Å². The van der Waals surface area contributed by atoms with Gasteiger partial charge in [0.1, 0.15) is 5.82 Å². The number of nitrogens with zero attached hydrogens (tertiary/aromatic N) is 2. The van der Waals surface area contributed by atoms with Gasteiger partial charge in [-0.3, -0.25) is 4.79 Å². The normalized spacial score (nSPS) is 16.3. The molecular weight excluding hydrogens is 325 g/mol. The molecule has 1 heterocycles. The molecule has 4 nitrogen and oxygen atoms in total. The van der Waals surface area contributed by atoms with Gasteiger partial charge in [0.15, 0.2) is 0 Å². The van der Waals surface area contributed by atoms with Crippen molar-refractivity contribution in [3.05, 3.63) is 28.0 Å². The summed E-state index contributed by atoms with van der Waals surface area (Å²) in [6.45, 7) is 5.39. The van der Waals surface area contributed by atoms with Crippen molar-refractivity contribution in [2.75, 3.05) is 45.1 Å². The molecule has 0 bridgehead atoms. The van der Waals surface area contributed by atoms with Crippen LogP contribution >= 0.6 is 15.9 Å². The van der Waals surface area contributed by atoms with Gasteiger partial charge in [-0.1, -0.05) is 0 Å². The Labute approximate surface area is 127 Å². The first-order valence-corrected chi connectivity index (χ1v) is 7.42. The number of aryl methyl sites for hydroxylation is 1. The third kappa shape index (κ3) is 3.70. The van der Waals surface area contributed by atoms with Crippen molar-refractivity contribution in [1.29, 1.82) is 0 Å². The van der Waals surface area contributed by atoms with Crippen LogP contribution < -0.4 is 5.32 Å². The molecule has 0 aromatic heterocycles. The largest absolute Gasteiger partial charge is 0.376 e. The van der Waals surface area contributed by atoms with E-state index >= 15 is 0 Å². The summed E-state index contributed by atoms with van der Waals surface area (Å²) in [5.74, 6) is -0.272. The lowest BCUT2D eigenvalue weighted by Gasteiger charge is -2.32. The maximum atomic E-state index is 13.5. The van der Waals surface area contributed by atoms with Gasteiger partial charge < -0.3 is 15.1 Å². The van der Waals surface area contributed by atoms with Gasteiger partial charge in [0.25, 0.3) is 0 Å². The molecule has 6 heteroatoms. The highest BCUT2D eigenvalue weighted by Gasteiger charge is 2.18. The average molecular weight is 344 g/mol. The second-order valence-corrected chi connectivity index (χ2v) is 5.97. The number of likely N-dealkylation sites (N-methyl/N-ethyl adjacent to an activating group) is 1. The van der Waals surface area contributed by atoms with Gasteiger partial charge in [-0.2, -0.15) is 0 Å². The zero-order valence-corrected chi connectivity index (χ0v) is 13.3. The van der Waals surface area contributed by atoms with Gasteiger partial charge in [0.05, 0.1) is 11.0 Å². The highest BCUT2D eigenvalue weighted by atomic mass is 79.9. The maximum absolute atomic E-state index is 13.5. The van der Waals surface area contributed by atoms with Crippen LogP contribution in [0.4, 0.5) is 10.1 Å². The van der Waals surface area contributed by atoms with Gasteiger partial charge >= 0.3 is 0 Å². The smallest absolute Gasteiger partial charge is 0.241 e. The molecule has 0 radical (unpaired) electrons. The molecule has 0 spiro atoms. The summed E-state index contributed by atoms with van der Waals surface area (Å²) in [6, 6.07) is 3.12. The standard InChI is InChI=1S/C14H19BrFN3O/c1-10-7-11(15)12(16)8-13(10)17-9-14(20)19-5-3-18(2)4-6-19/h7-8,17H,3-6,9H2,1-2H3. The first kappa shape index (κ1) is 15.3. The summed E-state index contributed by atoms with van der Waals surface area (Å²) in [6.07, 6.45) is 0. The first-order valence-electron chi connectivity index (χ1n) is 6.63. The summed E-state index contributed by atoms with van der Waals surface area (Å²) in [5, 5.41) is 3.02. The fraction of sp³-hybridized carbons (Fsp3) is 0.500. The topological polar surface area (TPSA) is 35.6 Å². The second kappa shape index (κ2) is 6.54. The molecule has 1 aromatic rings. The van der Waals surface area contributed by atoms with Gasteiger partial charge in [-0.25, -0.2) is 4.39 Å². The van der Waals surface area contributed by atoms with Crippen LogP contribution in [0, 0.1) is 12.7 Å². The van der Waals surface area contributed by atoms with E-state index < -0.39 is 0 Å². The van der Waals surface area contributed by atoms with Crippen molar-refractivity contribution in [2.45, 2.75) is 6.92 Å². The van der Waals surface area contributed by atoms with Gasteiger partial charge in [-0.05, 0) is 47.6 Å². The van der Waals surface area contributed by atoms with Gasteiger partial charge in [0, 0.05) is 31.9 Å². The lowest BCUT2D eigenvalue weighted by atomic mass is 10.2. The number of nitrogens with one attached hydrogen (secondary N) is 1. The number of rotatable bonds is 3. The van der Waals surface area contributed by atoms with Crippen LogP contribution in [-0.2, 0) is 4.79 Å². The Hall–Kier alpha value is -1.14. The Morgan fingerprint density at radius 3 is 2.65 bits per heavy atom. The molecule has 1 aliphatic heterocycles. The fourth-order valence-corrected chi connectivity index (χ4v) is 2.63. The summed E-state index contributed by atoms with van der Waals surface area (Å²) in [5.41, 5.74) is 1.57. The molecule has 1 aliphatic rings. The summed E-state index contributed by atoms with van der Waals surface area (Å²) < 4.78 is 13.9. The van der Waals surface area contributed by atoms with Crippen LogP contribution in [0.5, 0.6) is 0 Å². The summed E-state index contributed by atoms with van der Waals surface area (Å²) >= 11 is 3.15. The van der Waals surface area contributed by atoms with Gasteiger partial charge in [0.2, 0.25) is 5.91 Å². The Morgan fingerprint density at radius 1 is 1.35 bits per heavy atom. The Morgan fingerprint density at radius 2 is 2.00 bits per heavy atom. The molecule has 0 unspecified atom stereocenters. The van der Waals surface area contributed by atoms with E-state index in [2.05, 4.69) is 26.1 Å². The van der Waals surface area contributed by atoms with E-state index in [1.54, 1.807) is 6.07 Å². The van der Waals surface area contributed by atoms with Crippen molar-refractivity contribution in [3.8, 4) is 0 Å². The van der Waals surface area contributed by atoms with Crippen molar-refractivity contribution in [1.82, 2.24) is 9.80 Å². The van der Waals surface area contributed by atoms with Crippen LogP contribution in [0.2, 0.25) is 0 Å². The number of carbonyl (C=O) groups excluding carboxylic acids is 1. The summed E-state index contributed by atoms with van der Waals surface area (Å²) in [4.78, 5) is 16.1. The molecule has 0 aliphatic carbocycles. The molecule has 110 valence electrons. The molecule has 0 saturated carbocycles. The van der Waals surface area contributed by atoms with Crippen LogP contribution in [-0.4, -0.2) is 55.5 Å². The quantitative estimate of drug-likeness (QED) is 0.912.